The number of aromatic nitrogens is 1. The van der Waals surface area contributed by atoms with E-state index in [1.807, 2.05) is 0 Å². The van der Waals surface area contributed by atoms with Gasteiger partial charge in [0.1, 0.15) is 5.69 Å². The standard InChI is InChI=1S/C21H17F6N3O/c22-20(23,24)15-3-1-2-14-16(10-18(21(25,26)27)30-19(14)15)29-13-6-4-12(5-7-13)17-11-28-8-9-31-17/h1-7,10,17,28H,8-9,11H2,(H,29,30). The highest BCUT2D eigenvalue weighted by Crippen LogP contribution is 2.39. The van der Waals surface area contributed by atoms with E-state index in [2.05, 4.69) is 15.6 Å². The molecule has 4 rings (SSSR count). The average Bonchev–Trinajstić information content (AvgIpc) is 2.73. The number of ether oxygens (including phenoxy) is 1. The first kappa shape index (κ1) is 21.4. The Morgan fingerprint density at radius 3 is 2.32 bits per heavy atom. The summed E-state index contributed by atoms with van der Waals surface area (Å²) in [6, 6.07) is 10.7. The normalized spacial score (nSPS) is 17.7. The number of nitrogens with zero attached hydrogens (tertiary/aromatic N) is 1. The predicted molar refractivity (Wildman–Crippen MR) is 103 cm³/mol. The number of alkyl halides is 6. The quantitative estimate of drug-likeness (QED) is 0.514. The number of nitrogens with one attached hydrogen (secondary N) is 2. The van der Waals surface area contributed by atoms with E-state index in [1.54, 1.807) is 24.3 Å². The van der Waals surface area contributed by atoms with Crippen molar-refractivity contribution in [2.75, 3.05) is 25.0 Å². The van der Waals surface area contributed by atoms with Gasteiger partial charge in [-0.15, -0.1) is 0 Å². The fraction of sp³-hybridized carbons (Fsp3) is 0.286. The molecule has 1 fully saturated rings. The zero-order valence-corrected chi connectivity index (χ0v) is 15.9. The molecule has 1 unspecified atom stereocenters. The van der Waals surface area contributed by atoms with Crippen molar-refractivity contribution in [2.24, 2.45) is 0 Å². The van der Waals surface area contributed by atoms with E-state index in [-0.39, 0.29) is 17.2 Å². The second kappa shape index (κ2) is 8.01. The summed E-state index contributed by atoms with van der Waals surface area (Å²) in [5, 5.41) is 5.94. The number of hydrogen-bond donors (Lipinski definition) is 2. The summed E-state index contributed by atoms with van der Waals surface area (Å²) in [5.41, 5.74) is -2.20. The van der Waals surface area contributed by atoms with Gasteiger partial charge in [0, 0.05) is 24.2 Å². The van der Waals surface area contributed by atoms with Gasteiger partial charge in [0.15, 0.2) is 0 Å². The lowest BCUT2D eigenvalue weighted by atomic mass is 10.1. The number of para-hydroxylation sites is 1. The molecule has 10 heteroatoms. The molecule has 31 heavy (non-hydrogen) atoms. The topological polar surface area (TPSA) is 46.2 Å². The van der Waals surface area contributed by atoms with Crippen LogP contribution in [0, 0.1) is 0 Å². The SMILES string of the molecule is FC(F)(F)c1cc(Nc2ccc(C3CNCCO3)cc2)c2cccc(C(F)(F)F)c2n1. The molecule has 1 aliphatic rings. The van der Waals surface area contributed by atoms with Gasteiger partial charge < -0.3 is 15.4 Å². The minimum atomic E-state index is -4.90. The van der Waals surface area contributed by atoms with E-state index in [0.717, 1.165) is 18.2 Å². The molecule has 164 valence electrons. The molecular weight excluding hydrogens is 424 g/mol. The maximum absolute atomic E-state index is 13.4. The number of pyridine rings is 1. The summed E-state index contributed by atoms with van der Waals surface area (Å²) in [6.07, 6.45) is -9.89. The first-order chi connectivity index (χ1) is 14.6. The van der Waals surface area contributed by atoms with Crippen LogP contribution in [-0.2, 0) is 17.1 Å². The summed E-state index contributed by atoms with van der Waals surface area (Å²) in [4.78, 5) is 3.28. The van der Waals surface area contributed by atoms with Gasteiger partial charge in [-0.2, -0.15) is 26.3 Å². The number of fused-ring (bicyclic) bond motifs is 1. The monoisotopic (exact) mass is 441 g/mol. The van der Waals surface area contributed by atoms with Crippen molar-refractivity contribution in [1.29, 1.82) is 0 Å². The summed E-state index contributed by atoms with van der Waals surface area (Å²) >= 11 is 0. The second-order valence-electron chi connectivity index (χ2n) is 7.06. The van der Waals surface area contributed by atoms with Crippen LogP contribution in [0.2, 0.25) is 0 Å². The number of hydrogen-bond acceptors (Lipinski definition) is 4. The van der Waals surface area contributed by atoms with Gasteiger partial charge in [-0.1, -0.05) is 24.3 Å². The first-order valence-corrected chi connectivity index (χ1v) is 9.40. The molecule has 2 N–H and O–H groups in total. The van der Waals surface area contributed by atoms with Crippen LogP contribution in [0.4, 0.5) is 37.7 Å². The minimum Gasteiger partial charge on any atom is -0.371 e. The van der Waals surface area contributed by atoms with Crippen molar-refractivity contribution in [3.63, 3.8) is 0 Å². The molecule has 1 aromatic heterocycles. The lowest BCUT2D eigenvalue weighted by Crippen LogP contribution is -2.33. The Balaban J connectivity index is 1.74. The van der Waals surface area contributed by atoms with Crippen LogP contribution in [0.5, 0.6) is 0 Å². The van der Waals surface area contributed by atoms with Gasteiger partial charge in [0.25, 0.3) is 0 Å². The summed E-state index contributed by atoms with van der Waals surface area (Å²) in [5.74, 6) is 0. The van der Waals surface area contributed by atoms with Crippen molar-refractivity contribution in [3.05, 3.63) is 65.4 Å². The fourth-order valence-corrected chi connectivity index (χ4v) is 3.44. The molecule has 3 aromatic rings. The van der Waals surface area contributed by atoms with Gasteiger partial charge in [-0.3, -0.25) is 0 Å². The van der Waals surface area contributed by atoms with Crippen molar-refractivity contribution in [1.82, 2.24) is 10.3 Å². The summed E-state index contributed by atoms with van der Waals surface area (Å²) < 4.78 is 85.7. The van der Waals surface area contributed by atoms with Gasteiger partial charge in [-0.05, 0) is 29.8 Å². The smallest absolute Gasteiger partial charge is 0.371 e. The highest BCUT2D eigenvalue weighted by atomic mass is 19.4. The summed E-state index contributed by atoms with van der Waals surface area (Å²) in [6.45, 7) is 1.96. The second-order valence-corrected chi connectivity index (χ2v) is 7.06. The Morgan fingerprint density at radius 2 is 1.71 bits per heavy atom. The Bertz CT molecular complexity index is 1070. The third-order valence-electron chi connectivity index (χ3n) is 4.92. The largest absolute Gasteiger partial charge is 0.433 e. The molecule has 0 radical (unpaired) electrons. The lowest BCUT2D eigenvalue weighted by molar-refractivity contribution is -0.142. The Hall–Kier alpha value is -2.85. The van der Waals surface area contributed by atoms with E-state index in [4.69, 9.17) is 4.74 Å². The molecule has 0 bridgehead atoms. The highest BCUT2D eigenvalue weighted by Gasteiger charge is 2.37. The molecule has 2 aromatic carbocycles. The van der Waals surface area contributed by atoms with Crippen molar-refractivity contribution < 1.29 is 31.1 Å². The number of anilines is 2. The van der Waals surface area contributed by atoms with Crippen LogP contribution in [0.3, 0.4) is 0 Å². The summed E-state index contributed by atoms with van der Waals surface area (Å²) in [7, 11) is 0. The lowest BCUT2D eigenvalue weighted by Gasteiger charge is -2.24. The molecule has 0 spiro atoms. The molecule has 4 nitrogen and oxygen atoms in total. The number of rotatable bonds is 3. The van der Waals surface area contributed by atoms with Crippen molar-refractivity contribution >= 4 is 22.3 Å². The van der Waals surface area contributed by atoms with E-state index in [0.29, 0.717) is 31.0 Å². The van der Waals surface area contributed by atoms with E-state index in [9.17, 15) is 26.3 Å². The van der Waals surface area contributed by atoms with E-state index >= 15 is 0 Å². The van der Waals surface area contributed by atoms with Crippen LogP contribution < -0.4 is 10.6 Å². The van der Waals surface area contributed by atoms with Gasteiger partial charge in [-0.25, -0.2) is 4.98 Å². The van der Waals surface area contributed by atoms with Gasteiger partial charge >= 0.3 is 12.4 Å². The van der Waals surface area contributed by atoms with Gasteiger partial charge in [0.05, 0.1) is 29.5 Å². The van der Waals surface area contributed by atoms with Crippen LogP contribution in [0.25, 0.3) is 10.9 Å². The zero-order valence-electron chi connectivity index (χ0n) is 15.9. The Labute approximate surface area is 173 Å². The molecule has 1 atom stereocenters. The number of morpholine rings is 1. The van der Waals surface area contributed by atoms with E-state index in [1.165, 1.54) is 6.07 Å². The maximum Gasteiger partial charge on any atom is 0.433 e. The molecule has 1 aliphatic heterocycles. The van der Waals surface area contributed by atoms with Crippen LogP contribution in [0.15, 0.2) is 48.5 Å². The molecular formula is C21H17F6N3O. The average molecular weight is 441 g/mol. The molecule has 2 heterocycles. The van der Waals surface area contributed by atoms with Crippen LogP contribution in [-0.4, -0.2) is 24.7 Å². The fourth-order valence-electron chi connectivity index (χ4n) is 3.44. The van der Waals surface area contributed by atoms with Gasteiger partial charge in [0.2, 0.25) is 0 Å². The molecule has 0 saturated carbocycles. The predicted octanol–water partition coefficient (Wildman–Crippen LogP) is 5.68. The molecule has 0 amide bonds. The Kier molecular flexibility index (Phi) is 5.52. The van der Waals surface area contributed by atoms with Crippen LogP contribution in [0.1, 0.15) is 22.9 Å². The van der Waals surface area contributed by atoms with Crippen molar-refractivity contribution in [2.45, 2.75) is 18.5 Å². The third-order valence-corrected chi connectivity index (χ3v) is 4.92. The van der Waals surface area contributed by atoms with Crippen LogP contribution >= 0.6 is 0 Å². The third kappa shape index (κ3) is 4.59. The molecule has 0 aliphatic carbocycles. The first-order valence-electron chi connectivity index (χ1n) is 9.40. The Morgan fingerprint density at radius 1 is 0.968 bits per heavy atom. The number of halogens is 6. The minimum absolute atomic E-state index is 0.0632. The van der Waals surface area contributed by atoms with Crippen molar-refractivity contribution in [3.8, 4) is 0 Å². The zero-order chi connectivity index (χ0) is 22.2. The molecule has 1 saturated heterocycles. The van der Waals surface area contributed by atoms with E-state index < -0.39 is 29.1 Å². The maximum atomic E-state index is 13.4. The highest BCUT2D eigenvalue weighted by molar-refractivity contribution is 5.95. The number of benzene rings is 2.